The Bertz CT molecular complexity index is 492. The van der Waals surface area contributed by atoms with Gasteiger partial charge in [0.15, 0.2) is 0 Å². The van der Waals surface area contributed by atoms with Crippen molar-refractivity contribution in [3.63, 3.8) is 0 Å². The fourth-order valence-corrected chi connectivity index (χ4v) is 3.65. The van der Waals surface area contributed by atoms with Gasteiger partial charge in [-0.3, -0.25) is 4.79 Å². The summed E-state index contributed by atoms with van der Waals surface area (Å²) in [5.74, 6) is 0.0138. The standard InChI is InChI=1S/C12H15N3OS/c13-7-1-2-8-9(6-17-11(8)5-7)10-3-4-12(16)15-14-10/h6-7H,1-5,13H2,(H,15,16). The van der Waals surface area contributed by atoms with Gasteiger partial charge in [0.2, 0.25) is 5.91 Å². The van der Waals surface area contributed by atoms with E-state index in [0.29, 0.717) is 12.5 Å². The molecule has 0 radical (unpaired) electrons. The van der Waals surface area contributed by atoms with Crippen molar-refractivity contribution in [1.29, 1.82) is 0 Å². The highest BCUT2D eigenvalue weighted by atomic mass is 32.1. The fraction of sp³-hybridized carbons (Fsp3) is 0.500. The number of hydrogen-bond acceptors (Lipinski definition) is 4. The molecule has 0 spiro atoms. The summed E-state index contributed by atoms with van der Waals surface area (Å²) in [7, 11) is 0. The minimum absolute atomic E-state index is 0.0138. The Hall–Kier alpha value is -1.20. The number of fused-ring (bicyclic) bond motifs is 1. The van der Waals surface area contributed by atoms with E-state index in [2.05, 4.69) is 15.9 Å². The second-order valence-electron chi connectivity index (χ2n) is 4.65. The average Bonchev–Trinajstić information content (AvgIpc) is 2.73. The Morgan fingerprint density at radius 2 is 2.29 bits per heavy atom. The normalized spacial score (nSPS) is 23.9. The van der Waals surface area contributed by atoms with Crippen molar-refractivity contribution in [2.45, 2.75) is 38.1 Å². The summed E-state index contributed by atoms with van der Waals surface area (Å²) in [5, 5.41) is 6.34. The van der Waals surface area contributed by atoms with Crippen molar-refractivity contribution < 1.29 is 4.79 Å². The van der Waals surface area contributed by atoms with E-state index in [9.17, 15) is 4.79 Å². The fourth-order valence-electron chi connectivity index (χ4n) is 2.45. The van der Waals surface area contributed by atoms with Crippen LogP contribution in [0.5, 0.6) is 0 Å². The summed E-state index contributed by atoms with van der Waals surface area (Å²) in [6.45, 7) is 0. The number of nitrogens with zero attached hydrogens (tertiary/aromatic N) is 1. The molecule has 17 heavy (non-hydrogen) atoms. The van der Waals surface area contributed by atoms with Crippen molar-refractivity contribution in [1.82, 2.24) is 5.43 Å². The minimum atomic E-state index is 0.0138. The van der Waals surface area contributed by atoms with Crippen LogP contribution in [0.1, 0.15) is 35.3 Å². The van der Waals surface area contributed by atoms with Gasteiger partial charge in [0.1, 0.15) is 0 Å². The topological polar surface area (TPSA) is 67.5 Å². The van der Waals surface area contributed by atoms with E-state index in [1.807, 2.05) is 0 Å². The Balaban J connectivity index is 1.92. The Kier molecular flexibility index (Phi) is 2.72. The zero-order valence-corrected chi connectivity index (χ0v) is 10.3. The van der Waals surface area contributed by atoms with Gasteiger partial charge in [-0.15, -0.1) is 11.3 Å². The molecule has 1 aliphatic carbocycles. The lowest BCUT2D eigenvalue weighted by Gasteiger charge is -2.20. The van der Waals surface area contributed by atoms with Crippen LogP contribution in [-0.2, 0) is 17.6 Å². The molecular formula is C12H15N3OS. The second-order valence-corrected chi connectivity index (χ2v) is 5.61. The highest BCUT2D eigenvalue weighted by Gasteiger charge is 2.23. The molecule has 0 bridgehead atoms. The van der Waals surface area contributed by atoms with Crippen LogP contribution in [0.3, 0.4) is 0 Å². The number of rotatable bonds is 1. The van der Waals surface area contributed by atoms with Crippen molar-refractivity contribution in [2.75, 3.05) is 0 Å². The third kappa shape index (κ3) is 2.00. The molecule has 90 valence electrons. The third-order valence-electron chi connectivity index (χ3n) is 3.41. The summed E-state index contributed by atoms with van der Waals surface area (Å²) in [4.78, 5) is 12.5. The van der Waals surface area contributed by atoms with Crippen molar-refractivity contribution in [3.8, 4) is 0 Å². The molecule has 3 rings (SSSR count). The first-order valence-electron chi connectivity index (χ1n) is 5.94. The molecule has 2 heterocycles. The van der Waals surface area contributed by atoms with E-state index in [0.717, 1.165) is 31.4 Å². The molecule has 0 fully saturated rings. The lowest BCUT2D eigenvalue weighted by molar-refractivity contribution is -0.121. The maximum absolute atomic E-state index is 11.1. The molecule has 0 aromatic carbocycles. The van der Waals surface area contributed by atoms with Gasteiger partial charge in [-0.25, -0.2) is 5.43 Å². The molecule has 3 N–H and O–H groups in total. The van der Waals surface area contributed by atoms with Gasteiger partial charge in [-0.05, 0) is 24.8 Å². The molecule has 1 atom stereocenters. The maximum atomic E-state index is 11.1. The van der Waals surface area contributed by atoms with Crippen LogP contribution in [0.4, 0.5) is 0 Å². The molecule has 1 amide bonds. The molecule has 0 saturated heterocycles. The van der Waals surface area contributed by atoms with Crippen molar-refractivity contribution >= 4 is 23.0 Å². The van der Waals surface area contributed by atoms with Crippen LogP contribution < -0.4 is 11.2 Å². The largest absolute Gasteiger partial charge is 0.327 e. The van der Waals surface area contributed by atoms with E-state index in [1.165, 1.54) is 16.0 Å². The van der Waals surface area contributed by atoms with Gasteiger partial charge >= 0.3 is 0 Å². The molecule has 5 heteroatoms. The van der Waals surface area contributed by atoms with Gasteiger partial charge < -0.3 is 5.73 Å². The Morgan fingerprint density at radius 3 is 3.06 bits per heavy atom. The predicted octanol–water partition coefficient (Wildman–Crippen LogP) is 1.18. The Labute approximate surface area is 104 Å². The number of amides is 1. The van der Waals surface area contributed by atoms with Crippen LogP contribution in [0.15, 0.2) is 10.5 Å². The van der Waals surface area contributed by atoms with Gasteiger partial charge in [0.25, 0.3) is 0 Å². The number of nitrogens with one attached hydrogen (secondary N) is 1. The highest BCUT2D eigenvalue weighted by Crippen LogP contribution is 2.31. The lowest BCUT2D eigenvalue weighted by atomic mass is 9.90. The summed E-state index contributed by atoms with van der Waals surface area (Å²) < 4.78 is 0. The number of carbonyl (C=O) groups is 1. The highest BCUT2D eigenvalue weighted by molar-refractivity contribution is 7.10. The van der Waals surface area contributed by atoms with Crippen LogP contribution >= 0.6 is 11.3 Å². The van der Waals surface area contributed by atoms with Gasteiger partial charge in [-0.2, -0.15) is 5.10 Å². The monoisotopic (exact) mass is 249 g/mol. The first kappa shape index (κ1) is 10.9. The lowest BCUT2D eigenvalue weighted by Crippen LogP contribution is -2.29. The first-order chi connectivity index (χ1) is 8.24. The summed E-state index contributed by atoms with van der Waals surface area (Å²) in [6, 6.07) is 0.307. The molecule has 1 aromatic heterocycles. The third-order valence-corrected chi connectivity index (χ3v) is 4.46. The second kappa shape index (κ2) is 4.23. The number of carbonyl (C=O) groups excluding carboxylic acids is 1. The molecule has 2 aliphatic rings. The predicted molar refractivity (Wildman–Crippen MR) is 68.2 cm³/mol. The number of hydrazone groups is 1. The van der Waals surface area contributed by atoms with E-state index in [1.54, 1.807) is 11.3 Å². The molecular weight excluding hydrogens is 234 g/mol. The summed E-state index contributed by atoms with van der Waals surface area (Å²) in [6.07, 6.45) is 4.38. The molecule has 0 saturated carbocycles. The Morgan fingerprint density at radius 1 is 1.41 bits per heavy atom. The molecule has 4 nitrogen and oxygen atoms in total. The maximum Gasteiger partial charge on any atom is 0.240 e. The summed E-state index contributed by atoms with van der Waals surface area (Å²) in [5.41, 5.74) is 12.2. The SMILES string of the molecule is NC1CCc2c(C3=NNC(=O)CC3)csc2C1. The van der Waals surface area contributed by atoms with E-state index < -0.39 is 0 Å². The van der Waals surface area contributed by atoms with Gasteiger partial charge in [0, 0.05) is 34.7 Å². The number of thiophene rings is 1. The molecule has 1 unspecified atom stereocenters. The van der Waals surface area contributed by atoms with E-state index in [-0.39, 0.29) is 5.91 Å². The van der Waals surface area contributed by atoms with Gasteiger partial charge in [0.05, 0.1) is 5.71 Å². The molecule has 1 aliphatic heterocycles. The minimum Gasteiger partial charge on any atom is -0.327 e. The first-order valence-corrected chi connectivity index (χ1v) is 6.82. The summed E-state index contributed by atoms with van der Waals surface area (Å²) >= 11 is 1.78. The van der Waals surface area contributed by atoms with Crippen molar-refractivity contribution in [2.24, 2.45) is 10.8 Å². The van der Waals surface area contributed by atoms with Crippen LogP contribution in [-0.4, -0.2) is 17.7 Å². The smallest absolute Gasteiger partial charge is 0.240 e. The number of hydrogen-bond donors (Lipinski definition) is 2. The number of nitrogens with two attached hydrogens (primary N) is 1. The van der Waals surface area contributed by atoms with Crippen LogP contribution in [0.25, 0.3) is 0 Å². The van der Waals surface area contributed by atoms with Crippen LogP contribution in [0.2, 0.25) is 0 Å². The quantitative estimate of drug-likeness (QED) is 0.784. The van der Waals surface area contributed by atoms with Gasteiger partial charge in [-0.1, -0.05) is 0 Å². The zero-order chi connectivity index (χ0) is 11.8. The van der Waals surface area contributed by atoms with E-state index in [4.69, 9.17) is 5.73 Å². The zero-order valence-electron chi connectivity index (χ0n) is 9.53. The molecule has 1 aromatic rings. The average molecular weight is 249 g/mol. The van der Waals surface area contributed by atoms with Crippen molar-refractivity contribution in [3.05, 3.63) is 21.4 Å². The van der Waals surface area contributed by atoms with E-state index >= 15 is 0 Å². The van der Waals surface area contributed by atoms with Crippen LogP contribution in [0, 0.1) is 0 Å².